The Hall–Kier alpha value is -3.02. The SMILES string of the molecule is Cc1cccc(C(=O)NCc2nnc(SCC(=O)Nc3nccs3)n2-c2ccc(Br)cc2)c1. The van der Waals surface area contributed by atoms with E-state index in [1.54, 1.807) is 17.6 Å². The zero-order valence-electron chi connectivity index (χ0n) is 17.5. The molecule has 0 bridgehead atoms. The lowest BCUT2D eigenvalue weighted by molar-refractivity contribution is -0.113. The van der Waals surface area contributed by atoms with Crippen molar-refractivity contribution in [2.24, 2.45) is 0 Å². The van der Waals surface area contributed by atoms with Crippen LogP contribution in [-0.4, -0.2) is 37.3 Å². The summed E-state index contributed by atoms with van der Waals surface area (Å²) in [6.07, 6.45) is 1.63. The summed E-state index contributed by atoms with van der Waals surface area (Å²) in [5, 5.41) is 17.1. The van der Waals surface area contributed by atoms with Crippen LogP contribution in [0.2, 0.25) is 0 Å². The highest BCUT2D eigenvalue weighted by Gasteiger charge is 2.17. The predicted octanol–water partition coefficient (Wildman–Crippen LogP) is 4.46. The Balaban J connectivity index is 1.51. The van der Waals surface area contributed by atoms with Crippen molar-refractivity contribution in [2.75, 3.05) is 11.1 Å². The van der Waals surface area contributed by atoms with E-state index in [0.29, 0.717) is 21.7 Å². The van der Waals surface area contributed by atoms with Gasteiger partial charge in [0.1, 0.15) is 0 Å². The molecule has 0 aliphatic heterocycles. The molecule has 0 unspecified atom stereocenters. The Morgan fingerprint density at radius 1 is 1.15 bits per heavy atom. The molecule has 168 valence electrons. The molecule has 0 radical (unpaired) electrons. The number of rotatable bonds is 8. The molecule has 2 amide bonds. The molecule has 4 aromatic rings. The number of nitrogens with zero attached hydrogens (tertiary/aromatic N) is 4. The average molecular weight is 543 g/mol. The fourth-order valence-corrected chi connectivity index (χ4v) is 4.56. The molecule has 2 aromatic heterocycles. The number of hydrogen-bond donors (Lipinski definition) is 2. The molecular weight excluding hydrogens is 524 g/mol. The number of hydrogen-bond acceptors (Lipinski definition) is 7. The van der Waals surface area contributed by atoms with Gasteiger partial charge in [-0.2, -0.15) is 0 Å². The third-order valence-electron chi connectivity index (χ3n) is 4.48. The zero-order valence-corrected chi connectivity index (χ0v) is 20.7. The number of halogens is 1. The Labute approximate surface area is 207 Å². The molecule has 0 aliphatic rings. The first-order valence-electron chi connectivity index (χ1n) is 9.87. The van der Waals surface area contributed by atoms with E-state index in [2.05, 4.69) is 41.7 Å². The molecule has 4 rings (SSSR count). The number of benzene rings is 2. The van der Waals surface area contributed by atoms with Crippen LogP contribution >= 0.6 is 39.0 Å². The molecule has 0 saturated carbocycles. The van der Waals surface area contributed by atoms with Crippen LogP contribution in [0, 0.1) is 6.92 Å². The van der Waals surface area contributed by atoms with Gasteiger partial charge in [-0.3, -0.25) is 14.2 Å². The van der Waals surface area contributed by atoms with Gasteiger partial charge in [0, 0.05) is 27.3 Å². The Morgan fingerprint density at radius 3 is 2.70 bits per heavy atom. The summed E-state index contributed by atoms with van der Waals surface area (Å²) >= 11 is 6.06. The van der Waals surface area contributed by atoms with Gasteiger partial charge in [0.25, 0.3) is 5.91 Å². The smallest absolute Gasteiger partial charge is 0.251 e. The minimum Gasteiger partial charge on any atom is -0.345 e. The van der Waals surface area contributed by atoms with E-state index < -0.39 is 0 Å². The van der Waals surface area contributed by atoms with Crippen LogP contribution in [-0.2, 0) is 11.3 Å². The van der Waals surface area contributed by atoms with E-state index >= 15 is 0 Å². The molecule has 0 spiro atoms. The van der Waals surface area contributed by atoms with Crippen LogP contribution in [0.1, 0.15) is 21.7 Å². The second-order valence-corrected chi connectivity index (χ2v) is 9.69. The maximum absolute atomic E-state index is 12.6. The molecule has 33 heavy (non-hydrogen) atoms. The van der Waals surface area contributed by atoms with Gasteiger partial charge < -0.3 is 10.6 Å². The van der Waals surface area contributed by atoms with E-state index in [9.17, 15) is 9.59 Å². The molecule has 0 atom stereocenters. The van der Waals surface area contributed by atoms with Crippen molar-refractivity contribution in [3.05, 3.63) is 81.5 Å². The average Bonchev–Trinajstić information content (AvgIpc) is 3.46. The minimum atomic E-state index is -0.193. The van der Waals surface area contributed by atoms with Gasteiger partial charge in [-0.25, -0.2) is 4.98 Å². The molecule has 2 heterocycles. The van der Waals surface area contributed by atoms with Crippen LogP contribution < -0.4 is 10.6 Å². The largest absolute Gasteiger partial charge is 0.345 e. The topological polar surface area (TPSA) is 102 Å². The van der Waals surface area contributed by atoms with Crippen molar-refractivity contribution in [1.82, 2.24) is 25.1 Å². The van der Waals surface area contributed by atoms with Crippen molar-refractivity contribution >= 4 is 56.0 Å². The van der Waals surface area contributed by atoms with Crippen molar-refractivity contribution in [3.8, 4) is 5.69 Å². The summed E-state index contributed by atoms with van der Waals surface area (Å²) in [6, 6.07) is 15.0. The van der Waals surface area contributed by atoms with Crippen molar-refractivity contribution in [2.45, 2.75) is 18.6 Å². The fraction of sp³-hybridized carbons (Fsp3) is 0.136. The number of nitrogens with one attached hydrogen (secondary N) is 2. The summed E-state index contributed by atoms with van der Waals surface area (Å²) in [4.78, 5) is 29.0. The number of thiazole rings is 1. The van der Waals surface area contributed by atoms with Gasteiger partial charge in [-0.05, 0) is 43.3 Å². The van der Waals surface area contributed by atoms with Crippen LogP contribution in [0.3, 0.4) is 0 Å². The number of aromatic nitrogens is 4. The van der Waals surface area contributed by atoms with Crippen LogP contribution in [0.5, 0.6) is 0 Å². The number of thioether (sulfide) groups is 1. The standard InChI is InChI=1S/C22H19BrN6O2S2/c1-14-3-2-4-15(11-14)20(31)25-12-18-27-28-22(29(18)17-7-5-16(23)6-8-17)33-13-19(30)26-21-24-9-10-32-21/h2-11H,12-13H2,1H3,(H,25,31)(H,24,26,30). The Bertz CT molecular complexity index is 1260. The molecule has 0 fully saturated rings. The summed E-state index contributed by atoms with van der Waals surface area (Å²) in [5.74, 6) is 0.320. The predicted molar refractivity (Wildman–Crippen MR) is 133 cm³/mol. The number of anilines is 1. The molecule has 0 saturated heterocycles. The second kappa shape index (κ2) is 10.7. The molecule has 8 nitrogen and oxygen atoms in total. The highest BCUT2D eigenvalue weighted by Crippen LogP contribution is 2.24. The van der Waals surface area contributed by atoms with Gasteiger partial charge in [0.05, 0.1) is 12.3 Å². The first-order valence-corrected chi connectivity index (χ1v) is 12.5. The Kier molecular flexibility index (Phi) is 7.53. The Morgan fingerprint density at radius 2 is 1.97 bits per heavy atom. The third-order valence-corrected chi connectivity index (χ3v) is 6.63. The van der Waals surface area contributed by atoms with Gasteiger partial charge in [-0.15, -0.1) is 21.5 Å². The maximum Gasteiger partial charge on any atom is 0.251 e. The number of carbonyl (C=O) groups excluding carboxylic acids is 2. The van der Waals surface area contributed by atoms with Crippen molar-refractivity contribution < 1.29 is 9.59 Å². The van der Waals surface area contributed by atoms with Crippen molar-refractivity contribution in [1.29, 1.82) is 0 Å². The summed E-state index contributed by atoms with van der Waals surface area (Å²) in [5.41, 5.74) is 2.42. The highest BCUT2D eigenvalue weighted by molar-refractivity contribution is 9.10. The summed E-state index contributed by atoms with van der Waals surface area (Å²) in [6.45, 7) is 2.12. The normalized spacial score (nSPS) is 10.7. The van der Waals surface area contributed by atoms with Crippen LogP contribution in [0.25, 0.3) is 5.69 Å². The fourth-order valence-electron chi connectivity index (χ4n) is 2.98. The minimum absolute atomic E-state index is 0.143. The van der Waals surface area contributed by atoms with Gasteiger partial charge in [-0.1, -0.05) is 45.4 Å². The van der Waals surface area contributed by atoms with E-state index in [4.69, 9.17) is 0 Å². The number of amides is 2. The highest BCUT2D eigenvalue weighted by atomic mass is 79.9. The lowest BCUT2D eigenvalue weighted by Gasteiger charge is -2.11. The molecule has 2 aromatic carbocycles. The van der Waals surface area contributed by atoms with Crippen molar-refractivity contribution in [3.63, 3.8) is 0 Å². The number of aryl methyl sites for hydroxylation is 1. The van der Waals surface area contributed by atoms with E-state index in [-0.39, 0.29) is 24.1 Å². The second-order valence-electron chi connectivity index (χ2n) is 6.94. The van der Waals surface area contributed by atoms with E-state index in [1.165, 1.54) is 23.1 Å². The maximum atomic E-state index is 12.6. The molecule has 2 N–H and O–H groups in total. The van der Waals surface area contributed by atoms with Crippen LogP contribution in [0.15, 0.2) is 69.7 Å². The lowest BCUT2D eigenvalue weighted by Crippen LogP contribution is -2.24. The first-order chi connectivity index (χ1) is 16.0. The van der Waals surface area contributed by atoms with E-state index in [0.717, 1.165) is 15.7 Å². The van der Waals surface area contributed by atoms with Gasteiger partial charge in [0.2, 0.25) is 5.91 Å². The van der Waals surface area contributed by atoms with Crippen LogP contribution in [0.4, 0.5) is 5.13 Å². The lowest BCUT2D eigenvalue weighted by atomic mass is 10.1. The summed E-state index contributed by atoms with van der Waals surface area (Å²) in [7, 11) is 0. The summed E-state index contributed by atoms with van der Waals surface area (Å²) < 4.78 is 2.77. The quantitative estimate of drug-likeness (QED) is 0.319. The molecule has 0 aliphatic carbocycles. The number of carbonyl (C=O) groups is 2. The third kappa shape index (κ3) is 6.06. The monoisotopic (exact) mass is 542 g/mol. The molecule has 11 heteroatoms. The molecular formula is C22H19BrN6O2S2. The zero-order chi connectivity index (χ0) is 23.2. The van der Waals surface area contributed by atoms with Gasteiger partial charge >= 0.3 is 0 Å². The van der Waals surface area contributed by atoms with Gasteiger partial charge in [0.15, 0.2) is 16.1 Å². The van der Waals surface area contributed by atoms with E-state index in [1.807, 2.05) is 54.0 Å². The first kappa shape index (κ1) is 23.1.